The summed E-state index contributed by atoms with van der Waals surface area (Å²) in [6.45, 7) is 5.97. The van der Waals surface area contributed by atoms with Crippen molar-refractivity contribution in [1.29, 1.82) is 0 Å². The number of piperazine rings is 1. The van der Waals surface area contributed by atoms with Gasteiger partial charge in [-0.25, -0.2) is 8.42 Å². The van der Waals surface area contributed by atoms with E-state index in [1.807, 2.05) is 11.8 Å². The monoisotopic (exact) mass is 396 g/mol. The van der Waals surface area contributed by atoms with E-state index in [1.54, 1.807) is 25.3 Å². The number of aryl methyl sites for hydroxylation is 1. The van der Waals surface area contributed by atoms with E-state index in [9.17, 15) is 13.2 Å². The number of nitrogens with one attached hydrogen (secondary N) is 1. The Morgan fingerprint density at radius 2 is 1.93 bits per heavy atom. The first kappa shape index (κ1) is 20.1. The van der Waals surface area contributed by atoms with Crippen LogP contribution in [0.25, 0.3) is 0 Å². The summed E-state index contributed by atoms with van der Waals surface area (Å²) in [5.74, 6) is 0.525. The molecule has 2 aliphatic heterocycles. The molecule has 3 rings (SSSR count). The number of rotatable bonds is 4. The Morgan fingerprint density at radius 3 is 2.56 bits per heavy atom. The predicted octanol–water partition coefficient (Wildman–Crippen LogP) is -0.239. The second-order valence-electron chi connectivity index (χ2n) is 7.62. The van der Waals surface area contributed by atoms with Crippen molar-refractivity contribution in [3.8, 4) is 5.75 Å². The number of sulfonamides is 1. The van der Waals surface area contributed by atoms with Gasteiger partial charge in [0.2, 0.25) is 15.9 Å². The zero-order valence-electron chi connectivity index (χ0n) is 16.4. The Morgan fingerprint density at radius 1 is 1.22 bits per heavy atom. The summed E-state index contributed by atoms with van der Waals surface area (Å²) < 4.78 is 32.9. The van der Waals surface area contributed by atoms with Gasteiger partial charge < -0.3 is 14.5 Å². The van der Waals surface area contributed by atoms with E-state index in [1.165, 1.54) is 9.21 Å². The van der Waals surface area contributed by atoms with Gasteiger partial charge in [0.25, 0.3) is 0 Å². The first-order valence-corrected chi connectivity index (χ1v) is 11.0. The molecule has 0 spiro atoms. The quantitative estimate of drug-likeness (QED) is 0.763. The molecule has 1 aromatic rings. The van der Waals surface area contributed by atoms with Crippen LogP contribution in [-0.4, -0.2) is 77.0 Å². The van der Waals surface area contributed by atoms with Gasteiger partial charge in [-0.3, -0.25) is 4.79 Å². The Labute approximate surface area is 161 Å². The van der Waals surface area contributed by atoms with E-state index < -0.39 is 10.0 Å². The molecule has 0 bridgehead atoms. The van der Waals surface area contributed by atoms with Gasteiger partial charge in [-0.15, -0.1) is 0 Å². The van der Waals surface area contributed by atoms with Gasteiger partial charge in [-0.2, -0.15) is 4.31 Å². The van der Waals surface area contributed by atoms with Crippen molar-refractivity contribution < 1.29 is 22.8 Å². The lowest BCUT2D eigenvalue weighted by Gasteiger charge is -2.36. The number of carbonyl (C=O) groups excluding carboxylic acids is 1. The topological polar surface area (TPSA) is 71.4 Å². The number of benzene rings is 1. The summed E-state index contributed by atoms with van der Waals surface area (Å²) >= 11 is 0. The fourth-order valence-electron chi connectivity index (χ4n) is 3.89. The molecule has 7 nitrogen and oxygen atoms in total. The van der Waals surface area contributed by atoms with Crippen LogP contribution in [-0.2, 0) is 14.8 Å². The number of nitrogens with zero attached hydrogens (tertiary/aromatic N) is 2. The summed E-state index contributed by atoms with van der Waals surface area (Å²) in [5.41, 5.74) is 0.781. The van der Waals surface area contributed by atoms with Crippen molar-refractivity contribution in [2.75, 3.05) is 53.4 Å². The molecule has 1 atom stereocenters. The van der Waals surface area contributed by atoms with Crippen LogP contribution in [0.15, 0.2) is 23.1 Å². The van der Waals surface area contributed by atoms with Crippen LogP contribution in [0, 0.1) is 12.8 Å². The van der Waals surface area contributed by atoms with Crippen molar-refractivity contribution in [2.24, 2.45) is 5.92 Å². The maximum atomic E-state index is 13.1. The number of hydrogen-bond donors (Lipinski definition) is 1. The zero-order chi connectivity index (χ0) is 19.6. The lowest BCUT2D eigenvalue weighted by Crippen LogP contribution is -3.12. The normalized spacial score (nSPS) is 22.6. The lowest BCUT2D eigenvalue weighted by atomic mass is 9.98. The second-order valence-corrected chi connectivity index (χ2v) is 9.55. The SMILES string of the molecule is COc1ccc(S(=O)(=O)N2CCC[C@@H](C(=O)N3CC[NH+](C)CC3)C2)cc1C. The maximum absolute atomic E-state index is 13.1. The van der Waals surface area contributed by atoms with Crippen LogP contribution in [0.5, 0.6) is 5.75 Å². The summed E-state index contributed by atoms with van der Waals surface area (Å²) in [4.78, 5) is 16.5. The summed E-state index contributed by atoms with van der Waals surface area (Å²) in [6.07, 6.45) is 1.47. The molecule has 0 radical (unpaired) electrons. The molecule has 0 aromatic heterocycles. The van der Waals surface area contributed by atoms with Gasteiger partial charge in [-0.1, -0.05) is 0 Å². The molecule has 150 valence electrons. The number of quaternary nitrogens is 1. The van der Waals surface area contributed by atoms with E-state index in [2.05, 4.69) is 7.05 Å². The Kier molecular flexibility index (Phi) is 6.08. The highest BCUT2D eigenvalue weighted by Gasteiger charge is 2.36. The Bertz CT molecular complexity index is 788. The van der Waals surface area contributed by atoms with Crippen molar-refractivity contribution in [1.82, 2.24) is 9.21 Å². The third-order valence-electron chi connectivity index (χ3n) is 5.67. The minimum Gasteiger partial charge on any atom is -0.496 e. The van der Waals surface area contributed by atoms with Crippen molar-refractivity contribution in [3.63, 3.8) is 0 Å². The lowest BCUT2D eigenvalue weighted by molar-refractivity contribution is -0.883. The van der Waals surface area contributed by atoms with Gasteiger partial charge in [0.05, 0.1) is 51.1 Å². The van der Waals surface area contributed by atoms with E-state index in [0.29, 0.717) is 18.7 Å². The highest BCUT2D eigenvalue weighted by Crippen LogP contribution is 2.28. The minimum atomic E-state index is -3.61. The highest BCUT2D eigenvalue weighted by atomic mass is 32.2. The first-order valence-electron chi connectivity index (χ1n) is 9.58. The number of likely N-dealkylation sites (N-methyl/N-ethyl adjacent to an activating group) is 1. The van der Waals surface area contributed by atoms with Crippen LogP contribution in [0.1, 0.15) is 18.4 Å². The molecule has 2 heterocycles. The molecule has 1 N–H and O–H groups in total. The molecule has 0 aliphatic carbocycles. The summed E-state index contributed by atoms with van der Waals surface area (Å²) in [5, 5.41) is 0. The third-order valence-corrected chi connectivity index (χ3v) is 7.53. The maximum Gasteiger partial charge on any atom is 0.243 e. The van der Waals surface area contributed by atoms with Gasteiger partial charge in [0.1, 0.15) is 5.75 Å². The van der Waals surface area contributed by atoms with Crippen LogP contribution < -0.4 is 9.64 Å². The van der Waals surface area contributed by atoms with Crippen LogP contribution in [0.4, 0.5) is 0 Å². The molecule has 27 heavy (non-hydrogen) atoms. The smallest absolute Gasteiger partial charge is 0.243 e. The van der Waals surface area contributed by atoms with Crippen molar-refractivity contribution >= 4 is 15.9 Å². The Balaban J connectivity index is 1.73. The molecule has 2 aliphatic rings. The number of hydrogen-bond acceptors (Lipinski definition) is 4. The van der Waals surface area contributed by atoms with Gasteiger partial charge in [-0.05, 0) is 43.5 Å². The molecule has 2 saturated heterocycles. The van der Waals surface area contributed by atoms with E-state index in [0.717, 1.165) is 38.2 Å². The van der Waals surface area contributed by atoms with Crippen LogP contribution >= 0.6 is 0 Å². The molecule has 8 heteroatoms. The first-order chi connectivity index (χ1) is 12.8. The number of piperidine rings is 1. The number of ether oxygens (including phenoxy) is 1. The van der Waals surface area contributed by atoms with Gasteiger partial charge in [0.15, 0.2) is 0 Å². The molecular formula is C19H30N3O4S+. The van der Waals surface area contributed by atoms with Crippen molar-refractivity contribution in [3.05, 3.63) is 23.8 Å². The average molecular weight is 397 g/mol. The third kappa shape index (κ3) is 4.28. The number of amides is 1. The van der Waals surface area contributed by atoms with Crippen LogP contribution in [0.3, 0.4) is 0 Å². The fourth-order valence-corrected chi connectivity index (χ4v) is 5.50. The van der Waals surface area contributed by atoms with Gasteiger partial charge in [0, 0.05) is 13.1 Å². The highest BCUT2D eigenvalue weighted by molar-refractivity contribution is 7.89. The second kappa shape index (κ2) is 8.16. The molecule has 0 unspecified atom stereocenters. The van der Waals surface area contributed by atoms with E-state index in [4.69, 9.17) is 4.74 Å². The molecule has 0 saturated carbocycles. The van der Waals surface area contributed by atoms with Crippen molar-refractivity contribution in [2.45, 2.75) is 24.7 Å². The molecule has 1 aromatic carbocycles. The standard InChI is InChI=1S/C19H29N3O4S/c1-15-13-17(6-7-18(15)26-3)27(24,25)22-8-4-5-16(14-22)19(23)21-11-9-20(2)10-12-21/h6-7,13,16H,4-5,8-12,14H2,1-3H3/p+1/t16-/m1/s1. The number of methoxy groups -OCH3 is 1. The Hall–Kier alpha value is -1.64. The largest absolute Gasteiger partial charge is 0.496 e. The molecule has 1 amide bonds. The summed E-state index contributed by atoms with van der Waals surface area (Å²) in [6, 6.07) is 4.90. The summed E-state index contributed by atoms with van der Waals surface area (Å²) in [7, 11) is 0.0867. The number of carbonyl (C=O) groups is 1. The molecule has 2 fully saturated rings. The predicted molar refractivity (Wildman–Crippen MR) is 102 cm³/mol. The fraction of sp³-hybridized carbons (Fsp3) is 0.632. The molecular weight excluding hydrogens is 366 g/mol. The average Bonchev–Trinajstić information content (AvgIpc) is 2.68. The van der Waals surface area contributed by atoms with Crippen LogP contribution in [0.2, 0.25) is 0 Å². The van der Waals surface area contributed by atoms with Gasteiger partial charge >= 0.3 is 0 Å². The van der Waals surface area contributed by atoms with E-state index in [-0.39, 0.29) is 23.3 Å². The zero-order valence-corrected chi connectivity index (χ0v) is 17.2. The minimum absolute atomic E-state index is 0.105. The van der Waals surface area contributed by atoms with E-state index >= 15 is 0 Å².